The molecule has 0 bridgehead atoms. The predicted molar refractivity (Wildman–Crippen MR) is 64.7 cm³/mol. The number of aromatic amines is 1. The molecule has 1 unspecified atom stereocenters. The van der Waals surface area contributed by atoms with Crippen LogP contribution in [0.3, 0.4) is 0 Å². The zero-order valence-corrected chi connectivity index (χ0v) is 10.4. The van der Waals surface area contributed by atoms with Crippen LogP contribution < -0.4 is 4.90 Å². The van der Waals surface area contributed by atoms with Crippen molar-refractivity contribution in [1.82, 2.24) is 15.2 Å². The molecule has 1 N–H and O–H groups in total. The van der Waals surface area contributed by atoms with Crippen molar-refractivity contribution in [3.8, 4) is 0 Å². The maximum Gasteiger partial charge on any atom is 0.307 e. The number of nitrogens with one attached hydrogen (secondary N) is 1. The molecule has 3 heterocycles. The predicted octanol–water partition coefficient (Wildman–Crippen LogP) is 0.362. The number of nitrogens with zero attached hydrogens (tertiary/aromatic N) is 3. The lowest BCUT2D eigenvalue weighted by atomic mass is 10.3. The Hall–Kier alpha value is -2.03. The van der Waals surface area contributed by atoms with Crippen LogP contribution in [0.15, 0.2) is 18.3 Å². The monoisotopic (exact) mass is 284 g/mol. The summed E-state index contributed by atoms with van der Waals surface area (Å²) in [6.45, 7) is -0.230. The van der Waals surface area contributed by atoms with Crippen LogP contribution in [0, 0.1) is 0 Å². The number of aromatic nitrogens is 3. The van der Waals surface area contributed by atoms with Gasteiger partial charge in [0.15, 0.2) is 11.5 Å². The number of H-pyrrole nitrogens is 1. The molecule has 1 amide bonds. The van der Waals surface area contributed by atoms with E-state index in [1.165, 1.54) is 4.90 Å². The summed E-state index contributed by atoms with van der Waals surface area (Å²) in [5.41, 5.74) is 0.483. The van der Waals surface area contributed by atoms with Crippen molar-refractivity contribution in [2.45, 2.75) is 11.7 Å². The first-order valence-electron chi connectivity index (χ1n) is 5.50. The Bertz CT molecular complexity index is 757. The summed E-state index contributed by atoms with van der Waals surface area (Å²) in [6.07, 6.45) is 1.19. The van der Waals surface area contributed by atoms with E-state index in [4.69, 9.17) is 0 Å². The van der Waals surface area contributed by atoms with Crippen molar-refractivity contribution in [2.24, 2.45) is 0 Å². The molecule has 0 aromatic carbocycles. The highest BCUT2D eigenvalue weighted by atomic mass is 32.3. The van der Waals surface area contributed by atoms with Gasteiger partial charge in [0, 0.05) is 19.2 Å². The van der Waals surface area contributed by atoms with Crippen molar-refractivity contribution in [3.63, 3.8) is 0 Å². The first-order valence-corrected chi connectivity index (χ1v) is 6.94. The lowest BCUT2D eigenvalue weighted by molar-refractivity contribution is -0.117. The lowest BCUT2D eigenvalue weighted by Crippen LogP contribution is -2.27. The van der Waals surface area contributed by atoms with E-state index < -0.39 is 21.4 Å². The molecule has 0 aliphatic carbocycles. The molecule has 2 aromatic heterocycles. The minimum absolute atomic E-state index is 0.230. The highest BCUT2D eigenvalue weighted by molar-refractivity contribution is 7.87. The quantitative estimate of drug-likeness (QED) is 0.803. The van der Waals surface area contributed by atoms with Crippen LogP contribution in [0.5, 0.6) is 0 Å². The summed E-state index contributed by atoms with van der Waals surface area (Å²) < 4.78 is 34.7. The molecule has 2 aromatic rings. The van der Waals surface area contributed by atoms with E-state index in [1.54, 1.807) is 18.3 Å². The van der Waals surface area contributed by atoms with Gasteiger partial charge >= 0.3 is 10.2 Å². The molecule has 1 atom stereocenters. The number of halogens is 1. The first kappa shape index (κ1) is 12.0. The Labute approximate surface area is 107 Å². The number of carbonyl (C=O) groups excluding carboxylic acids is 1. The van der Waals surface area contributed by atoms with Crippen LogP contribution in [0.1, 0.15) is 6.42 Å². The second-order valence-electron chi connectivity index (χ2n) is 4.25. The van der Waals surface area contributed by atoms with Crippen molar-refractivity contribution in [3.05, 3.63) is 18.3 Å². The van der Waals surface area contributed by atoms with Gasteiger partial charge in [-0.05, 0) is 12.1 Å². The summed E-state index contributed by atoms with van der Waals surface area (Å²) in [5.74, 6) is -0.192. The molecule has 3 rings (SSSR count). The molecule has 100 valence electrons. The maximum atomic E-state index is 12.9. The molecular weight excluding hydrogens is 275 g/mol. The van der Waals surface area contributed by atoms with Gasteiger partial charge in [-0.3, -0.25) is 14.8 Å². The van der Waals surface area contributed by atoms with Crippen molar-refractivity contribution >= 4 is 33.0 Å². The van der Waals surface area contributed by atoms with Gasteiger partial charge in [-0.25, -0.2) is 4.98 Å². The van der Waals surface area contributed by atoms with Crippen LogP contribution in [-0.2, 0) is 15.0 Å². The Morgan fingerprint density at radius 3 is 2.95 bits per heavy atom. The van der Waals surface area contributed by atoms with Crippen molar-refractivity contribution in [1.29, 1.82) is 0 Å². The number of fused-ring (bicyclic) bond motifs is 1. The Morgan fingerprint density at radius 2 is 2.26 bits per heavy atom. The number of anilines is 1. The van der Waals surface area contributed by atoms with Gasteiger partial charge in [0.2, 0.25) is 5.91 Å². The van der Waals surface area contributed by atoms with E-state index in [1.807, 2.05) is 0 Å². The molecular formula is C10H9FN4O3S. The second kappa shape index (κ2) is 3.98. The van der Waals surface area contributed by atoms with Crippen molar-refractivity contribution in [2.75, 3.05) is 11.4 Å². The molecule has 1 aliphatic heterocycles. The molecule has 1 saturated heterocycles. The minimum atomic E-state index is -4.73. The minimum Gasteiger partial charge on any atom is -0.293 e. The second-order valence-corrected chi connectivity index (χ2v) is 5.87. The average Bonchev–Trinajstić information content (AvgIpc) is 2.91. The van der Waals surface area contributed by atoms with Crippen molar-refractivity contribution < 1.29 is 17.1 Å². The van der Waals surface area contributed by atoms with Gasteiger partial charge in [0.05, 0.1) is 5.39 Å². The third-order valence-electron chi connectivity index (χ3n) is 3.06. The van der Waals surface area contributed by atoms with Gasteiger partial charge < -0.3 is 0 Å². The number of hydrogen-bond donors (Lipinski definition) is 1. The number of hydrogen-bond acceptors (Lipinski definition) is 5. The zero-order valence-electron chi connectivity index (χ0n) is 9.58. The molecule has 1 fully saturated rings. The zero-order chi connectivity index (χ0) is 13.6. The topological polar surface area (TPSA) is 96.0 Å². The van der Waals surface area contributed by atoms with Gasteiger partial charge in [-0.2, -0.15) is 13.5 Å². The SMILES string of the molecule is O=C1CC(S(=O)(=O)F)CN1c1n[nH]c2ncccc12. The summed E-state index contributed by atoms with van der Waals surface area (Å²) in [6, 6.07) is 3.37. The summed E-state index contributed by atoms with van der Waals surface area (Å²) in [4.78, 5) is 17.0. The fraction of sp³-hybridized carbons (Fsp3) is 0.300. The number of rotatable bonds is 2. The highest BCUT2D eigenvalue weighted by Gasteiger charge is 2.40. The third kappa shape index (κ3) is 1.95. The maximum absolute atomic E-state index is 12.9. The van der Waals surface area contributed by atoms with Crippen LogP contribution >= 0.6 is 0 Å². The molecule has 0 saturated carbocycles. The third-order valence-corrected chi connectivity index (χ3v) is 4.17. The molecule has 7 nitrogen and oxygen atoms in total. The van der Waals surface area contributed by atoms with E-state index >= 15 is 0 Å². The van der Waals surface area contributed by atoms with E-state index in [0.717, 1.165) is 0 Å². The van der Waals surface area contributed by atoms with Gasteiger partial charge in [0.25, 0.3) is 0 Å². The number of carbonyl (C=O) groups is 1. The van der Waals surface area contributed by atoms with Gasteiger partial charge in [0.1, 0.15) is 5.25 Å². The molecule has 19 heavy (non-hydrogen) atoms. The standard InChI is InChI=1S/C10H9FN4O3S/c11-19(17,18)6-4-8(16)15(5-6)10-7-2-1-3-12-9(7)13-14-10/h1-3,6H,4-5H2,(H,12,13,14). The molecule has 0 radical (unpaired) electrons. The fourth-order valence-electron chi connectivity index (χ4n) is 2.11. The van der Waals surface area contributed by atoms with Gasteiger partial charge in [-0.1, -0.05) is 0 Å². The normalized spacial score (nSPS) is 20.4. The Morgan fingerprint density at radius 1 is 1.47 bits per heavy atom. The average molecular weight is 284 g/mol. The fourth-order valence-corrected chi connectivity index (χ4v) is 2.78. The molecule has 1 aliphatic rings. The van der Waals surface area contributed by atoms with E-state index in [0.29, 0.717) is 11.0 Å². The Balaban J connectivity index is 2.01. The summed E-state index contributed by atoms with van der Waals surface area (Å²) in [5, 5.41) is 5.85. The highest BCUT2D eigenvalue weighted by Crippen LogP contribution is 2.29. The number of pyridine rings is 1. The van der Waals surface area contributed by atoms with Crippen LogP contribution in [0.25, 0.3) is 11.0 Å². The summed E-state index contributed by atoms with van der Waals surface area (Å²) in [7, 11) is -4.73. The van der Waals surface area contributed by atoms with Crippen LogP contribution in [-0.4, -0.2) is 41.3 Å². The summed E-state index contributed by atoms with van der Waals surface area (Å²) >= 11 is 0. The van der Waals surface area contributed by atoms with E-state index in [9.17, 15) is 17.1 Å². The molecule has 9 heteroatoms. The van der Waals surface area contributed by atoms with Crippen LogP contribution in [0.2, 0.25) is 0 Å². The van der Waals surface area contributed by atoms with E-state index in [2.05, 4.69) is 15.2 Å². The van der Waals surface area contributed by atoms with Crippen LogP contribution in [0.4, 0.5) is 9.70 Å². The molecule has 0 spiro atoms. The lowest BCUT2D eigenvalue weighted by Gasteiger charge is -2.12. The van der Waals surface area contributed by atoms with E-state index in [-0.39, 0.29) is 18.8 Å². The largest absolute Gasteiger partial charge is 0.307 e. The Kier molecular flexibility index (Phi) is 2.52. The number of amides is 1. The van der Waals surface area contributed by atoms with Gasteiger partial charge in [-0.15, -0.1) is 3.89 Å². The first-order chi connectivity index (χ1) is 8.97. The smallest absolute Gasteiger partial charge is 0.293 e.